The van der Waals surface area contributed by atoms with Crippen LogP contribution in [0.3, 0.4) is 0 Å². The first-order valence-corrected chi connectivity index (χ1v) is 8.22. The largest absolute Gasteiger partial charge is 0.327 e. The van der Waals surface area contributed by atoms with Gasteiger partial charge in [0.05, 0.1) is 16.9 Å². The lowest BCUT2D eigenvalue weighted by atomic mass is 9.98. The van der Waals surface area contributed by atoms with Crippen molar-refractivity contribution in [1.29, 1.82) is 0 Å². The second kappa shape index (κ2) is 5.45. The van der Waals surface area contributed by atoms with E-state index >= 15 is 0 Å². The van der Waals surface area contributed by atoms with E-state index < -0.39 is 0 Å². The van der Waals surface area contributed by atoms with Crippen molar-refractivity contribution in [3.8, 4) is 0 Å². The Morgan fingerprint density at radius 1 is 1.42 bits per heavy atom. The molecule has 0 saturated heterocycles. The van der Waals surface area contributed by atoms with Crippen molar-refractivity contribution in [2.24, 2.45) is 11.8 Å². The van der Waals surface area contributed by atoms with Crippen molar-refractivity contribution in [2.75, 3.05) is 0 Å². The third-order valence-electron chi connectivity index (χ3n) is 4.37. The molecule has 0 aliphatic heterocycles. The Bertz CT molecular complexity index is 593. The Balaban J connectivity index is 2.00. The predicted molar refractivity (Wildman–Crippen MR) is 83.5 cm³/mol. The Kier molecular flexibility index (Phi) is 3.86. The average molecular weight is 342 g/mol. The zero-order valence-electron chi connectivity index (χ0n) is 11.1. The van der Waals surface area contributed by atoms with E-state index in [2.05, 4.69) is 50.6 Å². The van der Waals surface area contributed by atoms with Gasteiger partial charge in [0.2, 0.25) is 0 Å². The van der Waals surface area contributed by atoms with Crippen molar-refractivity contribution < 1.29 is 0 Å². The van der Waals surface area contributed by atoms with Crippen molar-refractivity contribution in [1.82, 2.24) is 9.55 Å². The second-order valence-corrected chi connectivity index (χ2v) is 6.76. The lowest BCUT2D eigenvalue weighted by molar-refractivity contribution is 0.364. The molecule has 1 aromatic carbocycles. The Hall–Kier alpha value is -0.540. The van der Waals surface area contributed by atoms with Crippen LogP contribution in [0, 0.1) is 11.8 Å². The molecule has 0 amide bonds. The number of rotatable bonds is 3. The number of alkyl halides is 1. The van der Waals surface area contributed by atoms with Gasteiger partial charge in [0.25, 0.3) is 0 Å². The summed E-state index contributed by atoms with van der Waals surface area (Å²) in [6.07, 6.45) is 4.05. The topological polar surface area (TPSA) is 17.8 Å². The Morgan fingerprint density at radius 3 is 2.95 bits per heavy atom. The molecule has 19 heavy (non-hydrogen) atoms. The number of hydrogen-bond acceptors (Lipinski definition) is 1. The fourth-order valence-corrected chi connectivity index (χ4v) is 3.74. The highest BCUT2D eigenvalue weighted by atomic mass is 79.9. The zero-order valence-corrected chi connectivity index (χ0v) is 13.4. The minimum Gasteiger partial charge on any atom is -0.327 e. The molecule has 1 aliphatic rings. The number of hydrogen-bond donors (Lipinski definition) is 0. The summed E-state index contributed by atoms with van der Waals surface area (Å²) in [4.78, 5) is 4.66. The molecule has 0 N–H and O–H groups in total. The highest BCUT2D eigenvalue weighted by Gasteiger charge is 2.25. The molecule has 2 unspecified atom stereocenters. The maximum atomic E-state index is 6.07. The van der Waals surface area contributed by atoms with Crippen LogP contribution in [-0.2, 0) is 12.4 Å². The van der Waals surface area contributed by atoms with Crippen LogP contribution in [0.4, 0.5) is 0 Å². The number of fused-ring (bicyclic) bond motifs is 1. The third-order valence-corrected chi connectivity index (χ3v) is 5.10. The minimum atomic E-state index is 0.480. The smallest absolute Gasteiger partial charge is 0.124 e. The summed E-state index contributed by atoms with van der Waals surface area (Å²) in [6.45, 7) is 3.43. The monoisotopic (exact) mass is 340 g/mol. The van der Waals surface area contributed by atoms with Gasteiger partial charge in [-0.25, -0.2) is 4.98 Å². The first-order valence-electron chi connectivity index (χ1n) is 6.89. The van der Waals surface area contributed by atoms with Crippen LogP contribution in [0.15, 0.2) is 22.7 Å². The van der Waals surface area contributed by atoms with Gasteiger partial charge in [0.1, 0.15) is 5.82 Å². The highest BCUT2D eigenvalue weighted by molar-refractivity contribution is 9.10. The summed E-state index contributed by atoms with van der Waals surface area (Å²) in [6, 6.07) is 6.29. The van der Waals surface area contributed by atoms with Crippen LogP contribution < -0.4 is 0 Å². The summed E-state index contributed by atoms with van der Waals surface area (Å²) >= 11 is 9.57. The molecule has 102 valence electrons. The van der Waals surface area contributed by atoms with Crippen molar-refractivity contribution >= 4 is 38.6 Å². The van der Waals surface area contributed by atoms with Crippen LogP contribution in [0.25, 0.3) is 11.0 Å². The van der Waals surface area contributed by atoms with Gasteiger partial charge in [0.15, 0.2) is 0 Å². The van der Waals surface area contributed by atoms with E-state index in [1.54, 1.807) is 0 Å². The lowest BCUT2D eigenvalue weighted by Crippen LogP contribution is -2.14. The van der Waals surface area contributed by atoms with E-state index in [0.29, 0.717) is 5.88 Å². The van der Waals surface area contributed by atoms with Gasteiger partial charge in [-0.2, -0.15) is 0 Å². The maximum Gasteiger partial charge on any atom is 0.124 e. The molecule has 1 aromatic heterocycles. The summed E-state index contributed by atoms with van der Waals surface area (Å²) < 4.78 is 3.39. The zero-order chi connectivity index (χ0) is 13.4. The summed E-state index contributed by atoms with van der Waals surface area (Å²) in [7, 11) is 0. The molecular weight excluding hydrogens is 324 g/mol. The molecule has 2 nitrogen and oxygen atoms in total. The van der Waals surface area contributed by atoms with Gasteiger partial charge in [-0.1, -0.05) is 35.7 Å². The summed E-state index contributed by atoms with van der Waals surface area (Å²) in [5, 5.41) is 0. The van der Waals surface area contributed by atoms with E-state index in [4.69, 9.17) is 11.6 Å². The quantitative estimate of drug-likeness (QED) is 0.720. The van der Waals surface area contributed by atoms with Crippen molar-refractivity contribution in [2.45, 2.75) is 38.6 Å². The predicted octanol–water partition coefficient (Wildman–Crippen LogP) is 4.97. The fourth-order valence-electron chi connectivity index (χ4n) is 3.19. The molecule has 1 fully saturated rings. The number of nitrogens with zero attached hydrogens (tertiary/aromatic N) is 2. The van der Waals surface area contributed by atoms with E-state index in [0.717, 1.165) is 34.2 Å². The van der Waals surface area contributed by atoms with Crippen LogP contribution in [0.2, 0.25) is 0 Å². The van der Waals surface area contributed by atoms with Gasteiger partial charge in [0, 0.05) is 11.0 Å². The normalized spacial score (nSPS) is 23.3. The van der Waals surface area contributed by atoms with Crippen molar-refractivity contribution in [3.05, 3.63) is 28.5 Å². The molecule has 2 atom stereocenters. The maximum absolute atomic E-state index is 6.07. The van der Waals surface area contributed by atoms with Gasteiger partial charge in [-0.3, -0.25) is 0 Å². The molecule has 0 spiro atoms. The molecule has 0 radical (unpaired) electrons. The van der Waals surface area contributed by atoms with Gasteiger partial charge >= 0.3 is 0 Å². The van der Waals surface area contributed by atoms with Crippen LogP contribution in [0.1, 0.15) is 32.0 Å². The molecule has 1 heterocycles. The third kappa shape index (κ3) is 2.55. The van der Waals surface area contributed by atoms with E-state index in [9.17, 15) is 0 Å². The van der Waals surface area contributed by atoms with E-state index in [-0.39, 0.29) is 0 Å². The van der Waals surface area contributed by atoms with Gasteiger partial charge in [-0.05, 0) is 36.5 Å². The van der Waals surface area contributed by atoms with Gasteiger partial charge in [-0.15, -0.1) is 11.6 Å². The second-order valence-electron chi connectivity index (χ2n) is 5.57. The highest BCUT2D eigenvalue weighted by Crippen LogP contribution is 2.34. The van der Waals surface area contributed by atoms with E-state index in [1.807, 2.05) is 0 Å². The average Bonchev–Trinajstić information content (AvgIpc) is 2.94. The van der Waals surface area contributed by atoms with Crippen LogP contribution in [-0.4, -0.2) is 9.55 Å². The summed E-state index contributed by atoms with van der Waals surface area (Å²) in [5.74, 6) is 3.06. The number of imidazole rings is 1. The molecule has 2 aromatic rings. The molecule has 1 saturated carbocycles. The Morgan fingerprint density at radius 2 is 2.26 bits per heavy atom. The first-order chi connectivity index (χ1) is 9.19. The van der Waals surface area contributed by atoms with Crippen molar-refractivity contribution in [3.63, 3.8) is 0 Å². The Labute approximate surface area is 127 Å². The molecule has 3 rings (SSSR count). The minimum absolute atomic E-state index is 0.480. The van der Waals surface area contributed by atoms with Crippen LogP contribution in [0.5, 0.6) is 0 Å². The van der Waals surface area contributed by atoms with Crippen LogP contribution >= 0.6 is 27.5 Å². The van der Waals surface area contributed by atoms with Gasteiger partial charge < -0.3 is 4.57 Å². The number of halogens is 2. The van der Waals surface area contributed by atoms with E-state index in [1.165, 1.54) is 24.8 Å². The fraction of sp³-hybridized carbons (Fsp3) is 0.533. The first kappa shape index (κ1) is 13.4. The number of benzene rings is 1. The molecule has 1 aliphatic carbocycles. The summed E-state index contributed by atoms with van der Waals surface area (Å²) in [5.41, 5.74) is 2.24. The molecular formula is C15H18BrClN2. The lowest BCUT2D eigenvalue weighted by Gasteiger charge is -2.18. The molecule has 0 bridgehead atoms. The molecule has 4 heteroatoms. The SMILES string of the molecule is CC1CCCC1Cn1c(CCl)nc2cc(Br)ccc21. The number of aromatic nitrogens is 2. The standard InChI is InChI=1S/C15H18BrClN2/c1-10-3-2-4-11(10)9-19-14-6-5-12(16)7-13(14)18-15(19)8-17/h5-7,10-11H,2-4,8-9H2,1H3.